The van der Waals surface area contributed by atoms with Crippen molar-refractivity contribution in [2.75, 3.05) is 26.7 Å². The van der Waals surface area contributed by atoms with Gasteiger partial charge in [-0.25, -0.2) is 0 Å². The zero-order valence-electron chi connectivity index (χ0n) is 15.0. The fourth-order valence-electron chi connectivity index (χ4n) is 2.49. The van der Waals surface area contributed by atoms with Crippen LogP contribution in [0.15, 0.2) is 42.5 Å². The number of nitrogens with one attached hydrogen (secondary N) is 2. The van der Waals surface area contributed by atoms with Gasteiger partial charge in [-0.3, -0.25) is 0 Å². The van der Waals surface area contributed by atoms with Gasteiger partial charge in [0.15, 0.2) is 11.5 Å². The zero-order valence-corrected chi connectivity index (χ0v) is 15.7. The number of hydrogen-bond donors (Lipinski definition) is 2. The summed E-state index contributed by atoms with van der Waals surface area (Å²) in [4.78, 5) is 0. The van der Waals surface area contributed by atoms with E-state index in [0.717, 1.165) is 43.7 Å². The lowest BCUT2D eigenvalue weighted by Gasteiger charge is -2.15. The van der Waals surface area contributed by atoms with Crippen molar-refractivity contribution in [1.29, 1.82) is 0 Å². The fourth-order valence-corrected chi connectivity index (χ4v) is 2.78. The summed E-state index contributed by atoms with van der Waals surface area (Å²) in [5, 5.41) is 7.30. The molecular weight excluding hydrogens is 336 g/mol. The molecule has 0 heterocycles. The van der Waals surface area contributed by atoms with E-state index in [4.69, 9.17) is 21.1 Å². The van der Waals surface area contributed by atoms with Crippen LogP contribution in [-0.2, 0) is 13.2 Å². The summed E-state index contributed by atoms with van der Waals surface area (Å²) in [6.45, 7) is 6.32. The minimum atomic E-state index is 0.457. The molecule has 0 aromatic heterocycles. The molecule has 0 unspecified atom stereocenters. The normalized spacial score (nSPS) is 10.7. The van der Waals surface area contributed by atoms with Crippen LogP contribution in [0.1, 0.15) is 24.5 Å². The highest BCUT2D eigenvalue weighted by atomic mass is 35.5. The Hall–Kier alpha value is -1.75. The lowest BCUT2D eigenvalue weighted by Crippen LogP contribution is -2.21. The summed E-state index contributed by atoms with van der Waals surface area (Å²) in [6.07, 6.45) is 1.09. The Kier molecular flexibility index (Phi) is 8.60. The first kappa shape index (κ1) is 19.6. The highest BCUT2D eigenvalue weighted by Crippen LogP contribution is 2.37. The highest BCUT2D eigenvalue weighted by Gasteiger charge is 2.12. The van der Waals surface area contributed by atoms with Crippen LogP contribution in [0, 0.1) is 0 Å². The molecule has 0 bridgehead atoms. The Labute approximate surface area is 155 Å². The van der Waals surface area contributed by atoms with E-state index >= 15 is 0 Å². The van der Waals surface area contributed by atoms with Gasteiger partial charge in [-0.2, -0.15) is 0 Å². The average Bonchev–Trinajstić information content (AvgIpc) is 2.64. The predicted molar refractivity (Wildman–Crippen MR) is 104 cm³/mol. The van der Waals surface area contributed by atoms with Crippen LogP contribution >= 0.6 is 11.6 Å². The number of hydrogen-bond acceptors (Lipinski definition) is 4. The predicted octanol–water partition coefficient (Wildman–Crippen LogP) is 4.02. The van der Waals surface area contributed by atoms with Crippen molar-refractivity contribution in [3.8, 4) is 11.5 Å². The van der Waals surface area contributed by atoms with Crippen LogP contribution in [0.4, 0.5) is 0 Å². The largest absolute Gasteiger partial charge is 0.493 e. The third kappa shape index (κ3) is 6.58. The lowest BCUT2D eigenvalue weighted by atomic mass is 10.2. The first-order chi connectivity index (χ1) is 12.2. The van der Waals surface area contributed by atoms with Crippen LogP contribution in [0.3, 0.4) is 0 Å². The van der Waals surface area contributed by atoms with Gasteiger partial charge in [-0.15, -0.1) is 0 Å². The van der Waals surface area contributed by atoms with Gasteiger partial charge in [-0.05, 0) is 49.3 Å². The third-order valence-corrected chi connectivity index (χ3v) is 4.08. The molecule has 2 aromatic rings. The molecule has 2 aromatic carbocycles. The first-order valence-corrected chi connectivity index (χ1v) is 9.07. The van der Waals surface area contributed by atoms with Crippen molar-refractivity contribution in [3.05, 3.63) is 58.6 Å². The number of rotatable bonds is 11. The van der Waals surface area contributed by atoms with Gasteiger partial charge in [0.1, 0.15) is 6.61 Å². The van der Waals surface area contributed by atoms with Gasteiger partial charge >= 0.3 is 0 Å². The van der Waals surface area contributed by atoms with E-state index in [1.54, 1.807) is 7.11 Å². The summed E-state index contributed by atoms with van der Waals surface area (Å²) in [5.74, 6) is 1.25. The molecule has 0 saturated carbocycles. The molecular formula is C20H27ClN2O2. The summed E-state index contributed by atoms with van der Waals surface area (Å²) in [7, 11) is 1.63. The van der Waals surface area contributed by atoms with E-state index in [-0.39, 0.29) is 0 Å². The molecule has 0 amide bonds. The van der Waals surface area contributed by atoms with Crippen LogP contribution < -0.4 is 20.1 Å². The van der Waals surface area contributed by atoms with Crippen molar-refractivity contribution >= 4 is 11.6 Å². The number of halogens is 1. The van der Waals surface area contributed by atoms with Gasteiger partial charge in [-0.1, -0.05) is 48.9 Å². The third-order valence-electron chi connectivity index (χ3n) is 3.80. The molecule has 25 heavy (non-hydrogen) atoms. The molecule has 0 fully saturated rings. The molecule has 0 aliphatic carbocycles. The number of methoxy groups -OCH3 is 1. The van der Waals surface area contributed by atoms with E-state index in [0.29, 0.717) is 23.1 Å². The standard InChI is InChI=1S/C20H27ClN2O2/c1-3-22-10-7-11-23-14-17-12-18(21)20(19(13-17)24-2)25-15-16-8-5-4-6-9-16/h4-6,8-9,12-13,22-23H,3,7,10-11,14-15H2,1-2H3. The Morgan fingerprint density at radius 1 is 1.00 bits per heavy atom. The minimum absolute atomic E-state index is 0.457. The SMILES string of the molecule is CCNCCCNCc1cc(Cl)c(OCc2ccccc2)c(OC)c1. The molecule has 0 aliphatic rings. The van der Waals surface area contributed by atoms with Crippen molar-refractivity contribution in [2.24, 2.45) is 0 Å². The summed E-state index contributed by atoms with van der Waals surface area (Å²) >= 11 is 6.42. The number of benzene rings is 2. The first-order valence-electron chi connectivity index (χ1n) is 8.69. The maximum atomic E-state index is 6.42. The molecule has 4 nitrogen and oxygen atoms in total. The van der Waals surface area contributed by atoms with E-state index in [2.05, 4.69) is 17.6 Å². The van der Waals surface area contributed by atoms with Crippen molar-refractivity contribution in [3.63, 3.8) is 0 Å². The number of ether oxygens (including phenoxy) is 2. The average molecular weight is 363 g/mol. The second-order valence-electron chi connectivity index (χ2n) is 5.77. The smallest absolute Gasteiger partial charge is 0.180 e. The molecule has 2 rings (SSSR count). The van der Waals surface area contributed by atoms with Crippen molar-refractivity contribution in [2.45, 2.75) is 26.5 Å². The maximum absolute atomic E-state index is 6.42. The maximum Gasteiger partial charge on any atom is 0.180 e. The summed E-state index contributed by atoms with van der Waals surface area (Å²) in [6, 6.07) is 13.9. The van der Waals surface area contributed by atoms with Gasteiger partial charge < -0.3 is 20.1 Å². The second-order valence-corrected chi connectivity index (χ2v) is 6.17. The minimum Gasteiger partial charge on any atom is -0.493 e. The molecule has 136 valence electrons. The summed E-state index contributed by atoms with van der Waals surface area (Å²) in [5.41, 5.74) is 2.17. The van der Waals surface area contributed by atoms with Crippen molar-refractivity contribution in [1.82, 2.24) is 10.6 Å². The van der Waals surface area contributed by atoms with Gasteiger partial charge in [0, 0.05) is 6.54 Å². The topological polar surface area (TPSA) is 42.5 Å². The zero-order chi connectivity index (χ0) is 17.9. The van der Waals surface area contributed by atoms with Gasteiger partial charge in [0.2, 0.25) is 0 Å². The molecule has 0 aliphatic heterocycles. The molecule has 0 spiro atoms. The van der Waals surface area contributed by atoms with E-state index in [1.807, 2.05) is 42.5 Å². The molecule has 0 radical (unpaired) electrons. The van der Waals surface area contributed by atoms with Crippen molar-refractivity contribution < 1.29 is 9.47 Å². The highest BCUT2D eigenvalue weighted by molar-refractivity contribution is 6.32. The quantitative estimate of drug-likeness (QED) is 0.592. The second kappa shape index (κ2) is 11.0. The molecule has 0 saturated heterocycles. The fraction of sp³-hybridized carbons (Fsp3) is 0.400. The van der Waals surface area contributed by atoms with Crippen LogP contribution in [0.5, 0.6) is 11.5 Å². The Balaban J connectivity index is 1.92. The summed E-state index contributed by atoms with van der Waals surface area (Å²) < 4.78 is 11.4. The Morgan fingerprint density at radius 3 is 2.48 bits per heavy atom. The Bertz CT molecular complexity index is 635. The monoisotopic (exact) mass is 362 g/mol. The van der Waals surface area contributed by atoms with Gasteiger partial charge in [0.05, 0.1) is 12.1 Å². The van der Waals surface area contributed by atoms with E-state index in [1.165, 1.54) is 0 Å². The van der Waals surface area contributed by atoms with Crippen LogP contribution in [0.2, 0.25) is 5.02 Å². The Morgan fingerprint density at radius 2 is 1.76 bits per heavy atom. The lowest BCUT2D eigenvalue weighted by molar-refractivity contribution is 0.284. The van der Waals surface area contributed by atoms with Gasteiger partial charge in [0.25, 0.3) is 0 Å². The van der Waals surface area contributed by atoms with E-state index in [9.17, 15) is 0 Å². The molecule has 2 N–H and O–H groups in total. The molecule has 5 heteroatoms. The van der Waals surface area contributed by atoms with Crippen LogP contribution in [0.25, 0.3) is 0 Å². The van der Waals surface area contributed by atoms with Crippen LogP contribution in [-0.4, -0.2) is 26.7 Å². The molecule has 0 atom stereocenters. The van der Waals surface area contributed by atoms with E-state index < -0.39 is 0 Å².